The second kappa shape index (κ2) is 11.5. The lowest BCUT2D eigenvalue weighted by Gasteiger charge is -2.32. The van der Waals surface area contributed by atoms with Crippen molar-refractivity contribution in [3.63, 3.8) is 0 Å². The molecule has 0 atom stereocenters. The summed E-state index contributed by atoms with van der Waals surface area (Å²) in [4.78, 5) is 51.1. The molecule has 1 N–H and O–H groups in total. The van der Waals surface area contributed by atoms with Gasteiger partial charge in [0.15, 0.2) is 11.6 Å². The first-order chi connectivity index (χ1) is 15.8. The van der Waals surface area contributed by atoms with Gasteiger partial charge in [0.25, 0.3) is 0 Å². The quantitative estimate of drug-likeness (QED) is 0.587. The zero-order valence-electron chi connectivity index (χ0n) is 19.4. The fraction of sp³-hybridized carbons (Fsp3) is 0.407. The minimum absolute atomic E-state index is 0.00483. The number of likely N-dealkylation sites (tertiary alicyclic amines) is 1. The van der Waals surface area contributed by atoms with Crippen LogP contribution in [0.5, 0.6) is 0 Å². The number of aryl methyl sites for hydroxylation is 2. The molecule has 1 aliphatic rings. The molecular weight excluding hydrogens is 416 g/mol. The molecule has 1 saturated heterocycles. The summed E-state index contributed by atoms with van der Waals surface area (Å²) in [6.45, 7) is 5.05. The van der Waals surface area contributed by atoms with Crippen molar-refractivity contribution in [2.24, 2.45) is 0 Å². The van der Waals surface area contributed by atoms with E-state index in [1.807, 2.05) is 38.1 Å². The Kier molecular flexibility index (Phi) is 8.52. The van der Waals surface area contributed by atoms with Crippen molar-refractivity contribution in [2.45, 2.75) is 58.4 Å². The SMILES string of the molecule is Cc1ccc(C(=O)CCC(=O)NC2CCN(C(=O)CCC(=O)c3ccc(C)cc3)CC2)cc1. The zero-order chi connectivity index (χ0) is 23.8. The average molecular weight is 449 g/mol. The fourth-order valence-electron chi connectivity index (χ4n) is 3.95. The Morgan fingerprint density at radius 1 is 0.727 bits per heavy atom. The Morgan fingerprint density at radius 3 is 1.67 bits per heavy atom. The van der Waals surface area contributed by atoms with Crippen LogP contribution in [0.3, 0.4) is 0 Å². The van der Waals surface area contributed by atoms with Gasteiger partial charge in [0.05, 0.1) is 0 Å². The topological polar surface area (TPSA) is 83.6 Å². The molecule has 1 aliphatic heterocycles. The number of nitrogens with one attached hydrogen (secondary N) is 1. The number of hydrogen-bond acceptors (Lipinski definition) is 4. The van der Waals surface area contributed by atoms with Crippen LogP contribution in [0.4, 0.5) is 0 Å². The highest BCUT2D eigenvalue weighted by atomic mass is 16.2. The predicted molar refractivity (Wildman–Crippen MR) is 127 cm³/mol. The molecule has 2 aromatic carbocycles. The molecule has 174 valence electrons. The molecule has 1 fully saturated rings. The number of piperidine rings is 1. The number of amides is 2. The highest BCUT2D eigenvalue weighted by Gasteiger charge is 2.24. The van der Waals surface area contributed by atoms with Crippen LogP contribution in [0, 0.1) is 13.8 Å². The second-order valence-electron chi connectivity index (χ2n) is 8.80. The highest BCUT2D eigenvalue weighted by Crippen LogP contribution is 2.15. The lowest BCUT2D eigenvalue weighted by molar-refractivity contribution is -0.132. The van der Waals surface area contributed by atoms with E-state index < -0.39 is 0 Å². The Labute approximate surface area is 195 Å². The molecular formula is C27H32N2O4. The Bertz CT molecular complexity index is 988. The predicted octanol–water partition coefficient (Wildman–Crippen LogP) is 4.04. The highest BCUT2D eigenvalue weighted by molar-refractivity contribution is 5.98. The molecule has 3 rings (SSSR count). The van der Waals surface area contributed by atoms with E-state index in [2.05, 4.69) is 5.32 Å². The van der Waals surface area contributed by atoms with Crippen LogP contribution >= 0.6 is 0 Å². The molecule has 2 amide bonds. The summed E-state index contributed by atoms with van der Waals surface area (Å²) in [6.07, 6.45) is 2.09. The van der Waals surface area contributed by atoms with E-state index in [1.165, 1.54) is 0 Å². The van der Waals surface area contributed by atoms with Crippen molar-refractivity contribution < 1.29 is 19.2 Å². The van der Waals surface area contributed by atoms with Crippen molar-refractivity contribution >= 4 is 23.4 Å². The molecule has 6 nitrogen and oxygen atoms in total. The van der Waals surface area contributed by atoms with E-state index >= 15 is 0 Å². The lowest BCUT2D eigenvalue weighted by Crippen LogP contribution is -2.46. The molecule has 0 aromatic heterocycles. The van der Waals surface area contributed by atoms with Crippen LogP contribution in [0.2, 0.25) is 0 Å². The van der Waals surface area contributed by atoms with Crippen LogP contribution in [0.25, 0.3) is 0 Å². The van der Waals surface area contributed by atoms with Gasteiger partial charge in [-0.05, 0) is 26.7 Å². The van der Waals surface area contributed by atoms with Gasteiger partial charge in [0.1, 0.15) is 0 Å². The molecule has 2 aromatic rings. The van der Waals surface area contributed by atoms with Crippen LogP contribution in [0.1, 0.15) is 70.4 Å². The third kappa shape index (κ3) is 7.38. The minimum Gasteiger partial charge on any atom is -0.353 e. The first kappa shape index (κ1) is 24.4. The third-order valence-corrected chi connectivity index (χ3v) is 6.10. The van der Waals surface area contributed by atoms with Gasteiger partial charge in [0.2, 0.25) is 11.8 Å². The summed E-state index contributed by atoms with van der Waals surface area (Å²) in [7, 11) is 0. The number of nitrogens with zero attached hydrogens (tertiary/aromatic N) is 1. The Balaban J connectivity index is 1.34. The summed E-state index contributed by atoms with van der Waals surface area (Å²) < 4.78 is 0. The van der Waals surface area contributed by atoms with Gasteiger partial charge in [-0.15, -0.1) is 0 Å². The molecule has 0 unspecified atom stereocenters. The maximum absolute atomic E-state index is 12.5. The van der Waals surface area contributed by atoms with Gasteiger partial charge >= 0.3 is 0 Å². The van der Waals surface area contributed by atoms with Crippen molar-refractivity contribution in [3.8, 4) is 0 Å². The molecule has 33 heavy (non-hydrogen) atoms. The Morgan fingerprint density at radius 2 is 1.18 bits per heavy atom. The number of carbonyl (C=O) groups excluding carboxylic acids is 4. The van der Waals surface area contributed by atoms with E-state index in [0.29, 0.717) is 37.1 Å². The first-order valence-corrected chi connectivity index (χ1v) is 11.6. The number of Topliss-reactive ketones (excluding diaryl/α,β-unsaturated/α-hetero) is 2. The molecule has 0 radical (unpaired) electrons. The maximum Gasteiger partial charge on any atom is 0.223 e. The summed E-state index contributed by atoms with van der Waals surface area (Å²) in [6, 6.07) is 14.7. The lowest BCUT2D eigenvalue weighted by atomic mass is 10.0. The smallest absolute Gasteiger partial charge is 0.223 e. The van der Waals surface area contributed by atoms with E-state index in [0.717, 1.165) is 11.1 Å². The van der Waals surface area contributed by atoms with Crippen LogP contribution < -0.4 is 5.32 Å². The molecule has 0 aliphatic carbocycles. The van der Waals surface area contributed by atoms with E-state index in [1.54, 1.807) is 29.2 Å². The van der Waals surface area contributed by atoms with Gasteiger partial charge < -0.3 is 10.2 Å². The molecule has 0 bridgehead atoms. The number of benzene rings is 2. The van der Waals surface area contributed by atoms with Gasteiger partial charge in [-0.2, -0.15) is 0 Å². The normalized spacial score (nSPS) is 14.1. The number of carbonyl (C=O) groups is 4. The fourth-order valence-corrected chi connectivity index (χ4v) is 3.95. The summed E-state index contributed by atoms with van der Waals surface area (Å²) in [5.74, 6) is -0.218. The van der Waals surface area contributed by atoms with Crippen molar-refractivity contribution in [1.82, 2.24) is 10.2 Å². The van der Waals surface area contributed by atoms with Crippen molar-refractivity contribution in [3.05, 3.63) is 70.8 Å². The molecule has 1 heterocycles. The van der Waals surface area contributed by atoms with E-state index in [9.17, 15) is 19.2 Å². The minimum atomic E-state index is -0.135. The van der Waals surface area contributed by atoms with Crippen LogP contribution in [-0.2, 0) is 9.59 Å². The third-order valence-electron chi connectivity index (χ3n) is 6.10. The summed E-state index contributed by atoms with van der Waals surface area (Å²) >= 11 is 0. The standard InChI is InChI=1S/C27H32N2O4/c1-19-3-7-21(8-4-19)24(30)11-13-26(32)28-23-15-17-29(18-16-23)27(33)14-12-25(31)22-9-5-20(2)6-10-22/h3-10,23H,11-18H2,1-2H3,(H,28,32). The van der Waals surface area contributed by atoms with Gasteiger partial charge in [-0.3, -0.25) is 19.2 Å². The Hall–Kier alpha value is -3.28. The number of ketones is 2. The second-order valence-corrected chi connectivity index (χ2v) is 8.80. The van der Waals surface area contributed by atoms with Gasteiger partial charge in [-0.1, -0.05) is 59.7 Å². The van der Waals surface area contributed by atoms with Gasteiger partial charge in [-0.25, -0.2) is 0 Å². The van der Waals surface area contributed by atoms with Crippen LogP contribution in [-0.4, -0.2) is 47.4 Å². The van der Waals surface area contributed by atoms with Crippen molar-refractivity contribution in [2.75, 3.05) is 13.1 Å². The van der Waals surface area contributed by atoms with Crippen LogP contribution in [0.15, 0.2) is 48.5 Å². The number of rotatable bonds is 9. The largest absolute Gasteiger partial charge is 0.353 e. The molecule has 0 spiro atoms. The number of hydrogen-bond donors (Lipinski definition) is 1. The van der Waals surface area contributed by atoms with E-state index in [4.69, 9.17) is 0 Å². The first-order valence-electron chi connectivity index (χ1n) is 11.6. The maximum atomic E-state index is 12.5. The zero-order valence-corrected chi connectivity index (χ0v) is 19.4. The molecule has 0 saturated carbocycles. The monoisotopic (exact) mass is 448 g/mol. The summed E-state index contributed by atoms with van der Waals surface area (Å²) in [5.41, 5.74) is 3.44. The average Bonchev–Trinajstić information content (AvgIpc) is 2.82. The molecule has 6 heteroatoms. The van der Waals surface area contributed by atoms with E-state index in [-0.39, 0.29) is 55.1 Å². The summed E-state index contributed by atoms with van der Waals surface area (Å²) in [5, 5.41) is 2.99. The van der Waals surface area contributed by atoms with Gasteiger partial charge in [0, 0.05) is 55.9 Å². The van der Waals surface area contributed by atoms with Crippen molar-refractivity contribution in [1.29, 1.82) is 0 Å².